The fourth-order valence-electron chi connectivity index (χ4n) is 4.66. The van der Waals surface area contributed by atoms with Crippen LogP contribution in [0.4, 0.5) is 0 Å². The first kappa shape index (κ1) is 15.0. The Morgan fingerprint density at radius 2 is 1.96 bits per heavy atom. The van der Waals surface area contributed by atoms with E-state index in [9.17, 15) is 5.11 Å². The molecular weight excluding hydrogens is 316 g/mol. The number of rotatable bonds is 3. The van der Waals surface area contributed by atoms with E-state index in [-0.39, 0.29) is 12.1 Å². The van der Waals surface area contributed by atoms with E-state index in [1.54, 1.807) is 12.7 Å². The van der Waals surface area contributed by atoms with Gasteiger partial charge in [-0.25, -0.2) is 14.2 Å². The maximum atomic E-state index is 10.6. The lowest BCUT2D eigenvalue weighted by atomic mass is 9.77. The van der Waals surface area contributed by atoms with Gasteiger partial charge in [-0.05, 0) is 42.9 Å². The molecule has 1 aliphatic carbocycles. The van der Waals surface area contributed by atoms with Crippen LogP contribution in [-0.2, 0) is 6.54 Å². The molecule has 7 heteroatoms. The first-order valence-electron chi connectivity index (χ1n) is 8.94. The van der Waals surface area contributed by atoms with Crippen molar-refractivity contribution in [1.29, 1.82) is 0 Å². The number of likely N-dealkylation sites (tertiary alicyclic amines) is 1. The molecule has 2 aliphatic rings. The second kappa shape index (κ2) is 5.93. The molecule has 7 nitrogen and oxygen atoms in total. The van der Waals surface area contributed by atoms with Gasteiger partial charge in [-0.3, -0.25) is 4.90 Å². The Bertz CT molecular complexity index is 859. The monoisotopic (exact) mass is 338 g/mol. The van der Waals surface area contributed by atoms with Crippen molar-refractivity contribution in [3.8, 4) is 0 Å². The van der Waals surface area contributed by atoms with Gasteiger partial charge < -0.3 is 5.11 Å². The maximum Gasteiger partial charge on any atom is 0.137 e. The highest BCUT2D eigenvalue weighted by Gasteiger charge is 2.42. The Hall–Kier alpha value is -2.25. The maximum absolute atomic E-state index is 10.6. The van der Waals surface area contributed by atoms with Crippen molar-refractivity contribution in [3.63, 3.8) is 0 Å². The van der Waals surface area contributed by atoms with Crippen LogP contribution >= 0.6 is 0 Å². The molecular formula is C18H22N6O. The second-order valence-electron chi connectivity index (χ2n) is 7.38. The topological polar surface area (TPSA) is 71.5 Å². The molecule has 0 unspecified atom stereocenters. The summed E-state index contributed by atoms with van der Waals surface area (Å²) in [7, 11) is 0. The molecule has 1 saturated heterocycles. The van der Waals surface area contributed by atoms with Crippen LogP contribution in [-0.4, -0.2) is 53.6 Å². The summed E-state index contributed by atoms with van der Waals surface area (Å²) < 4.78 is 3.85. The molecule has 0 aromatic carbocycles. The highest BCUT2D eigenvalue weighted by atomic mass is 16.3. The van der Waals surface area contributed by atoms with Gasteiger partial charge in [0, 0.05) is 25.8 Å². The van der Waals surface area contributed by atoms with Gasteiger partial charge in [-0.15, -0.1) is 0 Å². The zero-order chi connectivity index (χ0) is 16.8. The standard InChI is InChI=1S/C18H22N6O/c25-18-7-14-9-22(8-13(14)6-17(18)23-12-19-11-21-23)10-16-3-1-2-15-4-5-20-24(15)16/h1-5,11-14,17-18,25H,6-10H2/t13-,14+,17-,18-/m1/s1. The van der Waals surface area contributed by atoms with E-state index >= 15 is 0 Å². The molecule has 1 aliphatic heterocycles. The molecule has 1 saturated carbocycles. The van der Waals surface area contributed by atoms with Crippen molar-refractivity contribution in [1.82, 2.24) is 29.3 Å². The fraction of sp³-hybridized carbons (Fsp3) is 0.500. The summed E-state index contributed by atoms with van der Waals surface area (Å²) in [5, 5.41) is 19.2. The average Bonchev–Trinajstić information content (AvgIpc) is 3.34. The lowest BCUT2D eigenvalue weighted by molar-refractivity contribution is 0.0304. The van der Waals surface area contributed by atoms with Gasteiger partial charge >= 0.3 is 0 Å². The van der Waals surface area contributed by atoms with Crippen molar-refractivity contribution in [2.24, 2.45) is 11.8 Å². The Kier molecular flexibility index (Phi) is 3.57. The Morgan fingerprint density at radius 3 is 2.80 bits per heavy atom. The zero-order valence-electron chi connectivity index (χ0n) is 14.0. The number of aliphatic hydroxyl groups is 1. The van der Waals surface area contributed by atoms with Crippen molar-refractivity contribution in [3.05, 3.63) is 48.8 Å². The Balaban J connectivity index is 1.32. The summed E-state index contributed by atoms with van der Waals surface area (Å²) in [4.78, 5) is 6.53. The largest absolute Gasteiger partial charge is 0.391 e. The molecule has 4 heterocycles. The summed E-state index contributed by atoms with van der Waals surface area (Å²) in [6, 6.07) is 8.42. The van der Waals surface area contributed by atoms with E-state index in [1.807, 2.05) is 21.5 Å². The molecule has 25 heavy (non-hydrogen) atoms. The molecule has 0 spiro atoms. The molecule has 5 rings (SSSR count). The molecule has 1 N–H and O–H groups in total. The minimum atomic E-state index is -0.336. The summed E-state index contributed by atoms with van der Waals surface area (Å²) in [5.41, 5.74) is 2.35. The first-order valence-corrected chi connectivity index (χ1v) is 8.94. The predicted octanol–water partition coefficient (Wildman–Crippen LogP) is 1.37. The average molecular weight is 338 g/mol. The van der Waals surface area contributed by atoms with E-state index in [0.717, 1.165) is 38.0 Å². The van der Waals surface area contributed by atoms with Gasteiger partial charge in [-0.2, -0.15) is 10.2 Å². The van der Waals surface area contributed by atoms with E-state index in [1.165, 1.54) is 5.69 Å². The van der Waals surface area contributed by atoms with Gasteiger partial charge in [0.05, 0.1) is 23.4 Å². The van der Waals surface area contributed by atoms with Crippen LogP contribution in [0.5, 0.6) is 0 Å². The van der Waals surface area contributed by atoms with E-state index < -0.39 is 0 Å². The number of pyridine rings is 1. The third kappa shape index (κ3) is 2.63. The van der Waals surface area contributed by atoms with Crippen LogP contribution in [0.15, 0.2) is 43.1 Å². The highest BCUT2D eigenvalue weighted by molar-refractivity contribution is 5.46. The van der Waals surface area contributed by atoms with Gasteiger partial charge in [-0.1, -0.05) is 6.07 Å². The Morgan fingerprint density at radius 1 is 1.08 bits per heavy atom. The number of hydrogen-bond donors (Lipinski definition) is 1. The van der Waals surface area contributed by atoms with Crippen molar-refractivity contribution in [2.75, 3.05) is 13.1 Å². The van der Waals surface area contributed by atoms with Gasteiger partial charge in [0.25, 0.3) is 0 Å². The van der Waals surface area contributed by atoms with Crippen LogP contribution in [0, 0.1) is 11.8 Å². The van der Waals surface area contributed by atoms with Crippen LogP contribution < -0.4 is 0 Å². The van der Waals surface area contributed by atoms with Crippen molar-refractivity contribution in [2.45, 2.75) is 31.5 Å². The normalized spacial score (nSPS) is 30.0. The van der Waals surface area contributed by atoms with Crippen LogP contribution in [0.1, 0.15) is 24.6 Å². The molecule has 0 bridgehead atoms. The lowest BCUT2D eigenvalue weighted by Crippen LogP contribution is -2.36. The van der Waals surface area contributed by atoms with E-state index in [2.05, 4.69) is 38.3 Å². The summed E-state index contributed by atoms with van der Waals surface area (Å²) in [6.07, 6.45) is 6.60. The minimum absolute atomic E-state index is 0.0539. The van der Waals surface area contributed by atoms with Crippen molar-refractivity contribution >= 4 is 5.52 Å². The van der Waals surface area contributed by atoms with E-state index in [4.69, 9.17) is 0 Å². The van der Waals surface area contributed by atoms with Gasteiger partial charge in [0.1, 0.15) is 12.7 Å². The molecule has 2 fully saturated rings. The van der Waals surface area contributed by atoms with Gasteiger partial charge in [0.2, 0.25) is 0 Å². The number of aliphatic hydroxyl groups excluding tert-OH is 1. The second-order valence-corrected chi connectivity index (χ2v) is 7.38. The van der Waals surface area contributed by atoms with Crippen LogP contribution in [0.3, 0.4) is 0 Å². The number of nitrogens with zero attached hydrogens (tertiary/aromatic N) is 6. The van der Waals surface area contributed by atoms with Crippen LogP contribution in [0.25, 0.3) is 5.52 Å². The van der Waals surface area contributed by atoms with Crippen LogP contribution in [0.2, 0.25) is 0 Å². The Labute approximate surface area is 145 Å². The van der Waals surface area contributed by atoms with Gasteiger partial charge in [0.15, 0.2) is 0 Å². The predicted molar refractivity (Wildman–Crippen MR) is 91.7 cm³/mol. The minimum Gasteiger partial charge on any atom is -0.391 e. The summed E-state index contributed by atoms with van der Waals surface area (Å²) in [5.74, 6) is 1.17. The third-order valence-corrected chi connectivity index (χ3v) is 5.85. The number of hydrogen-bond acceptors (Lipinski definition) is 5. The lowest BCUT2D eigenvalue weighted by Gasteiger charge is -2.35. The third-order valence-electron chi connectivity index (χ3n) is 5.85. The molecule has 0 amide bonds. The molecule has 3 aromatic heterocycles. The summed E-state index contributed by atoms with van der Waals surface area (Å²) >= 11 is 0. The molecule has 0 radical (unpaired) electrons. The number of aromatic nitrogens is 5. The molecule has 3 aromatic rings. The zero-order valence-corrected chi connectivity index (χ0v) is 14.0. The van der Waals surface area contributed by atoms with E-state index in [0.29, 0.717) is 11.8 Å². The highest BCUT2D eigenvalue weighted by Crippen LogP contribution is 2.41. The fourth-order valence-corrected chi connectivity index (χ4v) is 4.66. The number of fused-ring (bicyclic) bond motifs is 2. The SMILES string of the molecule is O[C@@H]1C[C@H]2CN(Cc3cccc4ccnn34)C[C@H]2C[C@H]1n1cncn1. The quantitative estimate of drug-likeness (QED) is 0.781. The smallest absolute Gasteiger partial charge is 0.137 e. The first-order chi connectivity index (χ1) is 12.3. The summed E-state index contributed by atoms with van der Waals surface area (Å²) in [6.45, 7) is 3.01. The molecule has 130 valence electrons. The molecule has 4 atom stereocenters. The van der Waals surface area contributed by atoms with Crippen molar-refractivity contribution < 1.29 is 5.11 Å².